The lowest BCUT2D eigenvalue weighted by Crippen LogP contribution is -2.49. The van der Waals surface area contributed by atoms with Crippen molar-refractivity contribution in [2.45, 2.75) is 38.6 Å². The molecule has 0 aromatic heterocycles. The fraction of sp³-hybridized carbons (Fsp3) is 0.600. The van der Waals surface area contributed by atoms with Crippen LogP contribution >= 0.6 is 0 Å². The normalized spacial score (nSPS) is 22.0. The molecule has 25 heavy (non-hydrogen) atoms. The van der Waals surface area contributed by atoms with Crippen molar-refractivity contribution in [1.29, 1.82) is 0 Å². The fourth-order valence-electron chi connectivity index (χ4n) is 3.91. The van der Waals surface area contributed by atoms with E-state index in [-0.39, 0.29) is 17.9 Å². The molecule has 0 spiro atoms. The quantitative estimate of drug-likeness (QED) is 0.837. The zero-order chi connectivity index (χ0) is 17.6. The van der Waals surface area contributed by atoms with E-state index in [9.17, 15) is 9.59 Å². The average Bonchev–Trinajstić information content (AvgIpc) is 3.00. The van der Waals surface area contributed by atoms with Gasteiger partial charge in [-0.3, -0.25) is 9.59 Å². The van der Waals surface area contributed by atoms with Crippen LogP contribution in [0.3, 0.4) is 0 Å². The highest BCUT2D eigenvalue weighted by molar-refractivity contribution is 5.89. The standard InChI is InChI=1S/C20H29N3O2/c1-2-21-11-7-12-22(15-14-21)20(25)18-10-6-13-23(18)19(24)16-17-8-4-3-5-9-17/h3-5,8-9,18H,2,6-7,10-16H2,1H3. The molecule has 0 bridgehead atoms. The summed E-state index contributed by atoms with van der Waals surface area (Å²) < 4.78 is 0. The molecule has 2 saturated heterocycles. The number of benzene rings is 1. The van der Waals surface area contributed by atoms with E-state index < -0.39 is 0 Å². The predicted molar refractivity (Wildman–Crippen MR) is 98.2 cm³/mol. The number of carbonyl (C=O) groups is 2. The summed E-state index contributed by atoms with van der Waals surface area (Å²) in [6.07, 6.45) is 3.12. The van der Waals surface area contributed by atoms with E-state index >= 15 is 0 Å². The summed E-state index contributed by atoms with van der Waals surface area (Å²) in [6, 6.07) is 9.54. The third-order valence-corrected chi connectivity index (χ3v) is 5.40. The molecule has 5 nitrogen and oxygen atoms in total. The predicted octanol–water partition coefficient (Wildman–Crippen LogP) is 1.77. The summed E-state index contributed by atoms with van der Waals surface area (Å²) in [7, 11) is 0. The van der Waals surface area contributed by atoms with Crippen LogP contribution in [0.5, 0.6) is 0 Å². The smallest absolute Gasteiger partial charge is 0.245 e. The maximum Gasteiger partial charge on any atom is 0.245 e. The second-order valence-electron chi connectivity index (χ2n) is 7.02. The summed E-state index contributed by atoms with van der Waals surface area (Å²) in [5.41, 5.74) is 1.01. The SMILES string of the molecule is CCN1CCCN(C(=O)C2CCCN2C(=O)Cc2ccccc2)CC1. The lowest BCUT2D eigenvalue weighted by molar-refractivity contribution is -0.143. The minimum atomic E-state index is -0.260. The van der Waals surface area contributed by atoms with Gasteiger partial charge in [0, 0.05) is 26.2 Å². The first-order chi connectivity index (χ1) is 12.2. The van der Waals surface area contributed by atoms with Crippen LogP contribution in [0.4, 0.5) is 0 Å². The van der Waals surface area contributed by atoms with E-state index in [2.05, 4.69) is 11.8 Å². The van der Waals surface area contributed by atoms with Crippen molar-refractivity contribution in [1.82, 2.24) is 14.7 Å². The largest absolute Gasteiger partial charge is 0.340 e. The summed E-state index contributed by atoms with van der Waals surface area (Å²) in [5.74, 6) is 0.226. The third kappa shape index (κ3) is 4.40. The first-order valence-corrected chi connectivity index (χ1v) is 9.53. The zero-order valence-corrected chi connectivity index (χ0v) is 15.2. The van der Waals surface area contributed by atoms with E-state index in [1.165, 1.54) is 0 Å². The molecule has 2 aliphatic heterocycles. The van der Waals surface area contributed by atoms with Crippen LogP contribution in [0.2, 0.25) is 0 Å². The highest BCUT2D eigenvalue weighted by atomic mass is 16.2. The summed E-state index contributed by atoms with van der Waals surface area (Å²) in [6.45, 7) is 7.49. The Morgan fingerprint density at radius 1 is 1.00 bits per heavy atom. The van der Waals surface area contributed by atoms with Gasteiger partial charge in [-0.25, -0.2) is 0 Å². The van der Waals surface area contributed by atoms with Crippen LogP contribution in [-0.2, 0) is 16.0 Å². The maximum atomic E-state index is 13.0. The summed E-state index contributed by atoms with van der Waals surface area (Å²) in [4.78, 5) is 31.9. The number of hydrogen-bond donors (Lipinski definition) is 0. The van der Waals surface area contributed by atoms with Gasteiger partial charge in [-0.15, -0.1) is 0 Å². The lowest BCUT2D eigenvalue weighted by Gasteiger charge is -2.30. The molecular formula is C20H29N3O2. The number of carbonyl (C=O) groups excluding carboxylic acids is 2. The number of hydrogen-bond acceptors (Lipinski definition) is 3. The van der Waals surface area contributed by atoms with Gasteiger partial charge in [0.25, 0.3) is 0 Å². The van der Waals surface area contributed by atoms with Gasteiger partial charge in [0.1, 0.15) is 6.04 Å². The van der Waals surface area contributed by atoms with Gasteiger partial charge >= 0.3 is 0 Å². The molecule has 2 heterocycles. The van der Waals surface area contributed by atoms with Crippen molar-refractivity contribution in [3.63, 3.8) is 0 Å². The maximum absolute atomic E-state index is 13.0. The van der Waals surface area contributed by atoms with E-state index in [0.717, 1.165) is 57.5 Å². The molecule has 2 aliphatic rings. The van der Waals surface area contributed by atoms with E-state index in [1.54, 1.807) is 0 Å². The number of amides is 2. The number of nitrogens with zero attached hydrogens (tertiary/aromatic N) is 3. The van der Waals surface area contributed by atoms with Gasteiger partial charge in [0.2, 0.25) is 11.8 Å². The molecule has 0 saturated carbocycles. The van der Waals surface area contributed by atoms with Crippen molar-refractivity contribution in [3.8, 4) is 0 Å². The molecule has 1 unspecified atom stereocenters. The van der Waals surface area contributed by atoms with Crippen LogP contribution in [0.15, 0.2) is 30.3 Å². The highest BCUT2D eigenvalue weighted by Gasteiger charge is 2.36. The zero-order valence-electron chi connectivity index (χ0n) is 15.2. The first-order valence-electron chi connectivity index (χ1n) is 9.53. The van der Waals surface area contributed by atoms with Gasteiger partial charge in [-0.1, -0.05) is 37.3 Å². The molecule has 0 N–H and O–H groups in total. The first kappa shape index (κ1) is 17.9. The van der Waals surface area contributed by atoms with Gasteiger partial charge in [0.15, 0.2) is 0 Å². The Labute approximate surface area is 150 Å². The molecule has 5 heteroatoms. The van der Waals surface area contributed by atoms with Crippen LogP contribution in [0.25, 0.3) is 0 Å². The Hall–Kier alpha value is -1.88. The van der Waals surface area contributed by atoms with Crippen molar-refractivity contribution in [2.24, 2.45) is 0 Å². The second-order valence-corrected chi connectivity index (χ2v) is 7.02. The Morgan fingerprint density at radius 3 is 2.56 bits per heavy atom. The molecule has 2 fully saturated rings. The number of rotatable bonds is 4. The second kappa shape index (κ2) is 8.48. The molecule has 136 valence electrons. The third-order valence-electron chi connectivity index (χ3n) is 5.40. The Morgan fingerprint density at radius 2 is 1.80 bits per heavy atom. The molecule has 0 aliphatic carbocycles. The molecule has 0 radical (unpaired) electrons. The van der Waals surface area contributed by atoms with Gasteiger partial charge in [-0.05, 0) is 37.9 Å². The van der Waals surface area contributed by atoms with Crippen molar-refractivity contribution in [2.75, 3.05) is 39.3 Å². The molecule has 1 aromatic rings. The van der Waals surface area contributed by atoms with Crippen molar-refractivity contribution < 1.29 is 9.59 Å². The monoisotopic (exact) mass is 343 g/mol. The lowest BCUT2D eigenvalue weighted by atomic mass is 10.1. The van der Waals surface area contributed by atoms with E-state index in [4.69, 9.17) is 0 Å². The molecule has 1 aromatic carbocycles. The highest BCUT2D eigenvalue weighted by Crippen LogP contribution is 2.21. The Balaban J connectivity index is 1.62. The molecule has 3 rings (SSSR count). The topological polar surface area (TPSA) is 43.9 Å². The van der Waals surface area contributed by atoms with Crippen molar-refractivity contribution in [3.05, 3.63) is 35.9 Å². The molecule has 2 amide bonds. The van der Waals surface area contributed by atoms with Gasteiger partial charge < -0.3 is 14.7 Å². The van der Waals surface area contributed by atoms with Crippen molar-refractivity contribution >= 4 is 11.8 Å². The van der Waals surface area contributed by atoms with E-state index in [1.807, 2.05) is 40.1 Å². The minimum absolute atomic E-state index is 0.0760. The van der Waals surface area contributed by atoms with Gasteiger partial charge in [-0.2, -0.15) is 0 Å². The van der Waals surface area contributed by atoms with Gasteiger partial charge in [0.05, 0.1) is 6.42 Å². The fourth-order valence-corrected chi connectivity index (χ4v) is 3.91. The number of likely N-dealkylation sites (N-methyl/N-ethyl adjacent to an activating group) is 1. The number of likely N-dealkylation sites (tertiary alicyclic amines) is 1. The van der Waals surface area contributed by atoms with Crippen LogP contribution < -0.4 is 0 Å². The van der Waals surface area contributed by atoms with Crippen LogP contribution in [0, 0.1) is 0 Å². The summed E-state index contributed by atoms with van der Waals surface area (Å²) >= 11 is 0. The average molecular weight is 343 g/mol. The van der Waals surface area contributed by atoms with Crippen LogP contribution in [0.1, 0.15) is 31.7 Å². The summed E-state index contributed by atoms with van der Waals surface area (Å²) in [5, 5.41) is 0. The molecule has 1 atom stereocenters. The molecular weight excluding hydrogens is 314 g/mol. The van der Waals surface area contributed by atoms with Crippen LogP contribution in [-0.4, -0.2) is 71.8 Å². The Bertz CT molecular complexity index is 590. The Kier molecular flexibility index (Phi) is 6.08. The van der Waals surface area contributed by atoms with E-state index in [0.29, 0.717) is 13.0 Å². The minimum Gasteiger partial charge on any atom is -0.340 e.